The molecule has 1 aliphatic heterocycles. The summed E-state index contributed by atoms with van der Waals surface area (Å²) in [5, 5.41) is 18.2. The minimum atomic E-state index is -1.33. The highest BCUT2D eigenvalue weighted by atomic mass is 35.5. The Balaban J connectivity index is 1.46. The SMILES string of the molecule is O=C(O)c1cn(-c2cnc3[nH]ncc3c2)c2cc(N3CCC[C@@H]3COc3ncccc3Cl)c(Cl)cc2c1=O. The lowest BCUT2D eigenvalue weighted by molar-refractivity contribution is 0.0695. The van der Waals surface area contributed by atoms with E-state index in [-0.39, 0.29) is 17.0 Å². The van der Waals surface area contributed by atoms with Crippen molar-refractivity contribution in [3.8, 4) is 11.6 Å². The highest BCUT2D eigenvalue weighted by Crippen LogP contribution is 2.36. The maximum atomic E-state index is 13.1. The number of aromatic nitrogens is 5. The van der Waals surface area contributed by atoms with E-state index in [9.17, 15) is 14.7 Å². The zero-order valence-electron chi connectivity index (χ0n) is 19.8. The van der Waals surface area contributed by atoms with Crippen molar-refractivity contribution in [2.75, 3.05) is 18.1 Å². The van der Waals surface area contributed by atoms with Gasteiger partial charge in [-0.1, -0.05) is 23.2 Å². The third-order valence-corrected chi connectivity index (χ3v) is 7.27. The molecule has 5 heterocycles. The smallest absolute Gasteiger partial charge is 0.341 e. The zero-order valence-corrected chi connectivity index (χ0v) is 21.3. The summed E-state index contributed by atoms with van der Waals surface area (Å²) in [6.45, 7) is 1.08. The maximum absolute atomic E-state index is 13.1. The highest BCUT2D eigenvalue weighted by Gasteiger charge is 2.28. The number of rotatable bonds is 6. The van der Waals surface area contributed by atoms with Gasteiger partial charge in [-0.15, -0.1) is 0 Å². The molecule has 0 saturated carbocycles. The van der Waals surface area contributed by atoms with E-state index in [1.807, 2.05) is 12.1 Å². The van der Waals surface area contributed by atoms with Crippen LogP contribution in [-0.4, -0.2) is 55.0 Å². The minimum absolute atomic E-state index is 0.00886. The Hall–Kier alpha value is -4.15. The van der Waals surface area contributed by atoms with E-state index < -0.39 is 11.4 Å². The Morgan fingerprint density at radius 2 is 2.05 bits per heavy atom. The second kappa shape index (κ2) is 9.62. The number of aromatic carboxylic acids is 1. The van der Waals surface area contributed by atoms with Crippen LogP contribution in [-0.2, 0) is 0 Å². The summed E-state index contributed by atoms with van der Waals surface area (Å²) in [5.74, 6) is -0.962. The molecule has 1 atom stereocenters. The van der Waals surface area contributed by atoms with Crippen molar-refractivity contribution in [3.05, 3.63) is 81.0 Å². The fourth-order valence-electron chi connectivity index (χ4n) is 4.86. The first-order valence-electron chi connectivity index (χ1n) is 11.8. The first-order valence-corrected chi connectivity index (χ1v) is 12.6. The first kappa shape index (κ1) is 24.2. The molecule has 5 aromatic rings. The lowest BCUT2D eigenvalue weighted by Crippen LogP contribution is -2.34. The summed E-state index contributed by atoms with van der Waals surface area (Å²) in [6, 6.07) is 8.62. The number of anilines is 1. The first-order chi connectivity index (χ1) is 18.4. The number of fused-ring (bicyclic) bond motifs is 2. The quantitative estimate of drug-likeness (QED) is 0.311. The molecule has 6 rings (SSSR count). The lowest BCUT2D eigenvalue weighted by atomic mass is 10.1. The Kier molecular flexibility index (Phi) is 6.13. The predicted octanol–water partition coefficient (Wildman–Crippen LogP) is 4.71. The number of halogens is 2. The number of H-pyrrole nitrogens is 1. The maximum Gasteiger partial charge on any atom is 0.341 e. The minimum Gasteiger partial charge on any atom is -0.477 e. The summed E-state index contributed by atoms with van der Waals surface area (Å²) < 4.78 is 7.57. The molecule has 1 saturated heterocycles. The van der Waals surface area contributed by atoms with Gasteiger partial charge in [-0.05, 0) is 43.2 Å². The van der Waals surface area contributed by atoms with Crippen LogP contribution in [0.4, 0.5) is 5.69 Å². The largest absolute Gasteiger partial charge is 0.477 e. The number of carboxylic acids is 1. The second-order valence-corrected chi connectivity index (χ2v) is 9.77. The van der Waals surface area contributed by atoms with Crippen LogP contribution in [0.5, 0.6) is 5.88 Å². The number of nitrogens with zero attached hydrogens (tertiary/aromatic N) is 5. The Labute approximate surface area is 225 Å². The van der Waals surface area contributed by atoms with Crippen LogP contribution < -0.4 is 15.1 Å². The average Bonchev–Trinajstić information content (AvgIpc) is 3.57. The molecule has 12 heteroatoms. The van der Waals surface area contributed by atoms with Gasteiger partial charge >= 0.3 is 5.97 Å². The van der Waals surface area contributed by atoms with Crippen LogP contribution in [0.15, 0.2) is 59.9 Å². The molecule has 192 valence electrons. The van der Waals surface area contributed by atoms with Crippen molar-refractivity contribution in [2.45, 2.75) is 18.9 Å². The fraction of sp³-hybridized carbons (Fsp3) is 0.192. The van der Waals surface area contributed by atoms with Gasteiger partial charge in [0, 0.05) is 29.7 Å². The van der Waals surface area contributed by atoms with Gasteiger partial charge in [-0.3, -0.25) is 9.89 Å². The van der Waals surface area contributed by atoms with Gasteiger partial charge in [0.1, 0.15) is 17.2 Å². The average molecular weight is 551 g/mol. The zero-order chi connectivity index (χ0) is 26.4. The molecular formula is C26H20Cl2N6O4. The normalized spacial score (nSPS) is 15.4. The lowest BCUT2D eigenvalue weighted by Gasteiger charge is -2.28. The van der Waals surface area contributed by atoms with Gasteiger partial charge in [0.2, 0.25) is 11.3 Å². The fourth-order valence-corrected chi connectivity index (χ4v) is 5.30. The van der Waals surface area contributed by atoms with Crippen LogP contribution in [0.3, 0.4) is 0 Å². The number of ether oxygens (including phenoxy) is 1. The van der Waals surface area contributed by atoms with E-state index in [2.05, 4.69) is 25.1 Å². The molecular weight excluding hydrogens is 531 g/mol. The van der Waals surface area contributed by atoms with Crippen LogP contribution in [0.25, 0.3) is 27.6 Å². The van der Waals surface area contributed by atoms with Crippen molar-refractivity contribution in [1.29, 1.82) is 0 Å². The van der Waals surface area contributed by atoms with Gasteiger partial charge in [0.25, 0.3) is 0 Å². The Morgan fingerprint density at radius 1 is 1.18 bits per heavy atom. The molecule has 4 aromatic heterocycles. The van der Waals surface area contributed by atoms with Crippen LogP contribution in [0.2, 0.25) is 10.0 Å². The van der Waals surface area contributed by atoms with Crippen LogP contribution in [0, 0.1) is 0 Å². The van der Waals surface area contributed by atoms with E-state index in [1.54, 1.807) is 35.3 Å². The van der Waals surface area contributed by atoms with Gasteiger partial charge in [0.15, 0.2) is 5.65 Å². The molecule has 2 N–H and O–H groups in total. The molecule has 0 unspecified atom stereocenters. The van der Waals surface area contributed by atoms with Gasteiger partial charge < -0.3 is 19.3 Å². The Morgan fingerprint density at radius 3 is 2.87 bits per heavy atom. The molecule has 10 nitrogen and oxygen atoms in total. The van der Waals surface area contributed by atoms with Crippen molar-refractivity contribution in [3.63, 3.8) is 0 Å². The van der Waals surface area contributed by atoms with E-state index in [0.29, 0.717) is 45.1 Å². The highest BCUT2D eigenvalue weighted by molar-refractivity contribution is 6.34. The number of benzene rings is 1. The van der Waals surface area contributed by atoms with E-state index >= 15 is 0 Å². The molecule has 0 amide bonds. The van der Waals surface area contributed by atoms with E-state index in [0.717, 1.165) is 24.8 Å². The number of hydrogen-bond donors (Lipinski definition) is 2. The summed E-state index contributed by atoms with van der Waals surface area (Å²) in [4.78, 5) is 35.8. The predicted molar refractivity (Wildman–Crippen MR) is 144 cm³/mol. The van der Waals surface area contributed by atoms with Crippen molar-refractivity contribution in [2.24, 2.45) is 0 Å². The summed E-state index contributed by atoms with van der Waals surface area (Å²) in [7, 11) is 0. The third-order valence-electron chi connectivity index (χ3n) is 6.68. The van der Waals surface area contributed by atoms with E-state index in [4.69, 9.17) is 27.9 Å². The molecule has 0 aliphatic carbocycles. The van der Waals surface area contributed by atoms with Gasteiger partial charge in [-0.25, -0.2) is 14.8 Å². The van der Waals surface area contributed by atoms with Crippen LogP contribution >= 0.6 is 23.2 Å². The number of pyridine rings is 3. The molecule has 1 fully saturated rings. The van der Waals surface area contributed by atoms with Crippen molar-refractivity contribution in [1.82, 2.24) is 24.7 Å². The van der Waals surface area contributed by atoms with Crippen molar-refractivity contribution < 1.29 is 14.6 Å². The second-order valence-electron chi connectivity index (χ2n) is 8.96. The number of hydrogen-bond acceptors (Lipinski definition) is 7. The molecule has 38 heavy (non-hydrogen) atoms. The number of carbonyl (C=O) groups is 1. The van der Waals surface area contributed by atoms with Gasteiger partial charge in [-0.2, -0.15) is 5.10 Å². The van der Waals surface area contributed by atoms with Crippen LogP contribution in [0.1, 0.15) is 23.2 Å². The summed E-state index contributed by atoms with van der Waals surface area (Å²) in [5.41, 5.74) is 1.41. The summed E-state index contributed by atoms with van der Waals surface area (Å²) in [6.07, 6.45) is 7.94. The monoisotopic (exact) mass is 550 g/mol. The standard InChI is InChI=1S/C26H20Cl2N6O4/c27-19-4-1-5-29-25(19)38-13-15-3-2-6-33(15)22-9-21-17(8-20(22)28)23(35)18(26(36)37)12-34(21)16-7-14-10-31-32-24(14)30-11-16/h1,4-5,7-12,15H,2-3,6,13H2,(H,36,37)(H,30,31,32)/t15-/m1/s1. The number of aromatic amines is 1. The molecule has 1 aromatic carbocycles. The molecule has 0 bridgehead atoms. The molecule has 0 spiro atoms. The molecule has 1 aliphatic rings. The number of nitrogens with one attached hydrogen (secondary N) is 1. The topological polar surface area (TPSA) is 126 Å². The number of carboxylic acid groups (broad SMARTS) is 1. The summed E-state index contributed by atoms with van der Waals surface area (Å²) >= 11 is 12.9. The molecule has 0 radical (unpaired) electrons. The third kappa shape index (κ3) is 4.21. The van der Waals surface area contributed by atoms with E-state index in [1.165, 1.54) is 12.3 Å². The van der Waals surface area contributed by atoms with Crippen molar-refractivity contribution >= 4 is 56.8 Å². The van der Waals surface area contributed by atoms with Gasteiger partial charge in [0.05, 0.1) is 40.3 Å². The Bertz CT molecular complexity index is 1770.